The maximum atomic E-state index is 13.2. The van der Waals surface area contributed by atoms with Crippen molar-refractivity contribution in [2.75, 3.05) is 25.3 Å². The van der Waals surface area contributed by atoms with Gasteiger partial charge in [-0.2, -0.15) is 0 Å². The number of benzene rings is 2. The van der Waals surface area contributed by atoms with E-state index in [1.165, 1.54) is 41.6 Å². The molecule has 2 aromatic heterocycles. The number of hydrogen-bond acceptors (Lipinski definition) is 7. The second-order valence-electron chi connectivity index (χ2n) is 6.41. The fraction of sp³-hybridized carbons (Fsp3) is 0.136. The molecular formula is C22H18FN3O3S2. The topological polar surface area (TPSA) is 73.3 Å². The zero-order chi connectivity index (χ0) is 21.8. The molecule has 2 heterocycles. The van der Waals surface area contributed by atoms with E-state index in [9.17, 15) is 9.18 Å². The fourth-order valence-electron chi connectivity index (χ4n) is 2.92. The normalized spacial score (nSPS) is 10.8. The summed E-state index contributed by atoms with van der Waals surface area (Å²) in [5, 5.41) is 3.57. The zero-order valence-electron chi connectivity index (χ0n) is 16.7. The standard InChI is InChI=1S/C22H18FN3O3S2/c1-28-15-7-8-18(29-2)16(9-15)26-20(27)11-30-22-21-17(24-12-25-22)10-19(31-21)13-3-5-14(23)6-4-13/h3-10,12H,11H2,1-2H3,(H,26,27). The lowest BCUT2D eigenvalue weighted by atomic mass is 10.2. The molecule has 4 aromatic rings. The zero-order valence-corrected chi connectivity index (χ0v) is 18.3. The Morgan fingerprint density at radius 3 is 2.65 bits per heavy atom. The van der Waals surface area contributed by atoms with Gasteiger partial charge in [-0.05, 0) is 35.9 Å². The highest BCUT2D eigenvalue weighted by atomic mass is 32.2. The molecule has 6 nitrogen and oxygen atoms in total. The third-order valence-corrected chi connectivity index (χ3v) is 6.73. The van der Waals surface area contributed by atoms with Gasteiger partial charge in [-0.15, -0.1) is 11.3 Å². The number of nitrogens with one attached hydrogen (secondary N) is 1. The molecule has 31 heavy (non-hydrogen) atoms. The van der Waals surface area contributed by atoms with Crippen LogP contribution in [-0.4, -0.2) is 35.8 Å². The van der Waals surface area contributed by atoms with Gasteiger partial charge < -0.3 is 14.8 Å². The predicted molar refractivity (Wildman–Crippen MR) is 122 cm³/mol. The summed E-state index contributed by atoms with van der Waals surface area (Å²) in [7, 11) is 3.10. The number of ether oxygens (including phenoxy) is 2. The number of halogens is 1. The summed E-state index contributed by atoms with van der Waals surface area (Å²) in [4.78, 5) is 22.2. The van der Waals surface area contributed by atoms with Crippen LogP contribution in [0.25, 0.3) is 20.7 Å². The van der Waals surface area contributed by atoms with Crippen molar-refractivity contribution in [3.63, 3.8) is 0 Å². The lowest BCUT2D eigenvalue weighted by Crippen LogP contribution is -2.15. The van der Waals surface area contributed by atoms with Crippen LogP contribution in [0.3, 0.4) is 0 Å². The van der Waals surface area contributed by atoms with Crippen LogP contribution in [0, 0.1) is 5.82 Å². The number of thiophene rings is 1. The average molecular weight is 456 g/mol. The number of carbonyl (C=O) groups excluding carboxylic acids is 1. The summed E-state index contributed by atoms with van der Waals surface area (Å²) < 4.78 is 24.6. The molecular weight excluding hydrogens is 437 g/mol. The fourth-order valence-corrected chi connectivity index (χ4v) is 4.92. The SMILES string of the molecule is COc1ccc(OC)c(NC(=O)CSc2ncnc3cc(-c4ccc(F)cc4)sc23)c1. The molecule has 0 spiro atoms. The smallest absolute Gasteiger partial charge is 0.234 e. The van der Waals surface area contributed by atoms with Crippen molar-refractivity contribution in [1.82, 2.24) is 9.97 Å². The van der Waals surface area contributed by atoms with Crippen LogP contribution in [0.2, 0.25) is 0 Å². The van der Waals surface area contributed by atoms with Gasteiger partial charge in [0, 0.05) is 10.9 Å². The van der Waals surface area contributed by atoms with Gasteiger partial charge in [0.1, 0.15) is 28.7 Å². The number of thioether (sulfide) groups is 1. The molecule has 1 N–H and O–H groups in total. The van der Waals surface area contributed by atoms with E-state index in [0.29, 0.717) is 17.2 Å². The Hall–Kier alpha value is -3.17. The number of carbonyl (C=O) groups is 1. The molecule has 0 bridgehead atoms. The first-order chi connectivity index (χ1) is 15.1. The minimum atomic E-state index is -0.278. The number of anilines is 1. The predicted octanol–water partition coefficient (Wildman–Crippen LogP) is 5.25. The van der Waals surface area contributed by atoms with Gasteiger partial charge in [0.15, 0.2) is 0 Å². The van der Waals surface area contributed by atoms with E-state index in [2.05, 4.69) is 15.3 Å². The van der Waals surface area contributed by atoms with Crippen LogP contribution in [0.4, 0.5) is 10.1 Å². The number of methoxy groups -OCH3 is 2. The van der Waals surface area contributed by atoms with Crippen LogP contribution in [0.15, 0.2) is 59.9 Å². The van der Waals surface area contributed by atoms with Gasteiger partial charge in [0.05, 0.1) is 35.9 Å². The second kappa shape index (κ2) is 9.32. The molecule has 2 aromatic carbocycles. The Bertz CT molecular complexity index is 1230. The number of aromatic nitrogens is 2. The minimum absolute atomic E-state index is 0.163. The number of nitrogens with zero attached hydrogens (tertiary/aromatic N) is 2. The maximum Gasteiger partial charge on any atom is 0.234 e. The van der Waals surface area contributed by atoms with Gasteiger partial charge >= 0.3 is 0 Å². The highest BCUT2D eigenvalue weighted by Crippen LogP contribution is 2.37. The van der Waals surface area contributed by atoms with Crippen molar-refractivity contribution in [2.24, 2.45) is 0 Å². The van der Waals surface area contributed by atoms with Gasteiger partial charge in [0.2, 0.25) is 5.91 Å². The molecule has 0 radical (unpaired) electrons. The molecule has 0 unspecified atom stereocenters. The molecule has 0 aliphatic carbocycles. The molecule has 9 heteroatoms. The third-order valence-electron chi connectivity index (χ3n) is 4.43. The van der Waals surface area contributed by atoms with Crippen LogP contribution in [0.5, 0.6) is 11.5 Å². The molecule has 158 valence electrons. The monoisotopic (exact) mass is 455 g/mol. The molecule has 0 fully saturated rings. The molecule has 0 saturated heterocycles. The summed E-state index contributed by atoms with van der Waals surface area (Å²) in [5.74, 6) is 0.855. The summed E-state index contributed by atoms with van der Waals surface area (Å²) in [6.45, 7) is 0. The van der Waals surface area contributed by atoms with E-state index in [1.807, 2.05) is 6.07 Å². The lowest BCUT2D eigenvalue weighted by Gasteiger charge is -2.11. The Labute approximate surface area is 186 Å². The maximum absolute atomic E-state index is 13.2. The first kappa shape index (κ1) is 21.1. The third kappa shape index (κ3) is 4.78. The van der Waals surface area contributed by atoms with Crippen molar-refractivity contribution in [2.45, 2.75) is 5.03 Å². The first-order valence-corrected chi connectivity index (χ1v) is 11.0. The molecule has 0 saturated carbocycles. The van der Waals surface area contributed by atoms with Crippen molar-refractivity contribution in [1.29, 1.82) is 0 Å². The van der Waals surface area contributed by atoms with E-state index in [0.717, 1.165) is 25.7 Å². The van der Waals surface area contributed by atoms with Crippen LogP contribution in [-0.2, 0) is 4.79 Å². The Balaban J connectivity index is 1.50. The summed E-state index contributed by atoms with van der Waals surface area (Å²) >= 11 is 2.84. The minimum Gasteiger partial charge on any atom is -0.497 e. The lowest BCUT2D eigenvalue weighted by molar-refractivity contribution is -0.113. The molecule has 0 aliphatic rings. The summed E-state index contributed by atoms with van der Waals surface area (Å²) in [6.07, 6.45) is 1.48. The number of hydrogen-bond donors (Lipinski definition) is 1. The Kier molecular flexibility index (Phi) is 6.34. The number of fused-ring (bicyclic) bond motifs is 1. The first-order valence-electron chi connectivity index (χ1n) is 9.22. The van der Waals surface area contributed by atoms with Crippen LogP contribution >= 0.6 is 23.1 Å². The van der Waals surface area contributed by atoms with E-state index >= 15 is 0 Å². The van der Waals surface area contributed by atoms with Crippen molar-refractivity contribution >= 4 is 44.9 Å². The highest BCUT2D eigenvalue weighted by molar-refractivity contribution is 8.00. The van der Waals surface area contributed by atoms with Gasteiger partial charge in [0.25, 0.3) is 0 Å². The quantitative estimate of drug-likeness (QED) is 0.303. The molecule has 0 atom stereocenters. The molecule has 4 rings (SSSR count). The molecule has 0 aliphatic heterocycles. The van der Waals surface area contributed by atoms with Gasteiger partial charge in [-0.3, -0.25) is 4.79 Å². The van der Waals surface area contributed by atoms with Gasteiger partial charge in [-0.1, -0.05) is 23.9 Å². The van der Waals surface area contributed by atoms with Crippen LogP contribution in [0.1, 0.15) is 0 Å². The van der Waals surface area contributed by atoms with E-state index in [-0.39, 0.29) is 17.5 Å². The highest BCUT2D eigenvalue weighted by Gasteiger charge is 2.14. The molecule has 1 amide bonds. The Morgan fingerprint density at radius 1 is 1.10 bits per heavy atom. The summed E-state index contributed by atoms with van der Waals surface area (Å²) in [5.41, 5.74) is 2.23. The van der Waals surface area contributed by atoms with Crippen molar-refractivity contribution < 1.29 is 18.7 Å². The average Bonchev–Trinajstić information content (AvgIpc) is 3.23. The second-order valence-corrected chi connectivity index (χ2v) is 8.43. The number of rotatable bonds is 7. The van der Waals surface area contributed by atoms with E-state index < -0.39 is 0 Å². The van der Waals surface area contributed by atoms with Crippen molar-refractivity contribution in [3.8, 4) is 21.9 Å². The van der Waals surface area contributed by atoms with Crippen molar-refractivity contribution in [3.05, 3.63) is 60.7 Å². The van der Waals surface area contributed by atoms with Gasteiger partial charge in [-0.25, -0.2) is 14.4 Å². The number of amides is 1. The largest absolute Gasteiger partial charge is 0.497 e. The van der Waals surface area contributed by atoms with E-state index in [4.69, 9.17) is 9.47 Å². The van der Waals surface area contributed by atoms with Crippen LogP contribution < -0.4 is 14.8 Å². The summed E-state index contributed by atoms with van der Waals surface area (Å²) in [6, 6.07) is 13.5. The van der Waals surface area contributed by atoms with E-state index in [1.54, 1.807) is 44.6 Å². The Morgan fingerprint density at radius 2 is 1.90 bits per heavy atom.